The Morgan fingerprint density at radius 2 is 2.29 bits per heavy atom. The molecular formula is C10H6BrIOS. The number of hydrogen-bond donors (Lipinski definition) is 0. The minimum atomic E-state index is 0.755. The summed E-state index contributed by atoms with van der Waals surface area (Å²) >= 11 is 7.43. The molecule has 0 saturated heterocycles. The molecule has 4 heteroatoms. The number of thiophene rings is 1. The molecule has 0 unspecified atom stereocenters. The quantitative estimate of drug-likeness (QED) is 0.433. The molecule has 0 radical (unpaired) electrons. The fourth-order valence-corrected chi connectivity index (χ4v) is 4.24. The van der Waals surface area contributed by atoms with Crippen molar-refractivity contribution in [2.45, 2.75) is 5.33 Å². The summed E-state index contributed by atoms with van der Waals surface area (Å²) in [4.78, 5) is 10.7. The lowest BCUT2D eigenvalue weighted by atomic mass is 10.1. The van der Waals surface area contributed by atoms with Crippen LogP contribution in [0.4, 0.5) is 0 Å². The lowest BCUT2D eigenvalue weighted by Crippen LogP contribution is -1.83. The van der Waals surface area contributed by atoms with E-state index in [9.17, 15) is 4.79 Å². The summed E-state index contributed by atoms with van der Waals surface area (Å²) < 4.78 is 2.34. The van der Waals surface area contributed by atoms with Crippen molar-refractivity contribution in [2.75, 3.05) is 0 Å². The van der Waals surface area contributed by atoms with Crippen molar-refractivity contribution in [1.82, 2.24) is 0 Å². The molecule has 0 aliphatic carbocycles. The Hall–Kier alpha value is 0.0600. The van der Waals surface area contributed by atoms with E-state index in [4.69, 9.17) is 0 Å². The number of benzene rings is 1. The van der Waals surface area contributed by atoms with Crippen LogP contribution in [0.15, 0.2) is 17.5 Å². The van der Waals surface area contributed by atoms with Gasteiger partial charge in [0, 0.05) is 24.5 Å². The van der Waals surface area contributed by atoms with E-state index < -0.39 is 0 Å². The molecule has 0 aliphatic heterocycles. The highest BCUT2D eigenvalue weighted by Crippen LogP contribution is 2.32. The van der Waals surface area contributed by atoms with E-state index in [1.165, 1.54) is 15.6 Å². The molecule has 72 valence electrons. The molecule has 1 nitrogen and oxygen atoms in total. The summed E-state index contributed by atoms with van der Waals surface area (Å²) in [5.74, 6) is 0. The fraction of sp³-hybridized carbons (Fsp3) is 0.100. The van der Waals surface area contributed by atoms with E-state index in [0.717, 1.165) is 20.7 Å². The Morgan fingerprint density at radius 1 is 1.50 bits per heavy atom. The minimum absolute atomic E-state index is 0.755. The zero-order valence-electron chi connectivity index (χ0n) is 7.09. The first-order valence-corrected chi connectivity index (χ1v) is 7.05. The van der Waals surface area contributed by atoms with Gasteiger partial charge in [-0.2, -0.15) is 0 Å². The molecule has 2 aromatic rings. The predicted octanol–water partition coefficient (Wildman–Crippen LogP) is 4.21. The van der Waals surface area contributed by atoms with Gasteiger partial charge in [0.1, 0.15) is 6.29 Å². The highest BCUT2D eigenvalue weighted by molar-refractivity contribution is 14.1. The van der Waals surface area contributed by atoms with Gasteiger partial charge < -0.3 is 0 Å². The van der Waals surface area contributed by atoms with Gasteiger partial charge in [-0.15, -0.1) is 11.3 Å². The lowest BCUT2D eigenvalue weighted by molar-refractivity contribution is 0.112. The van der Waals surface area contributed by atoms with Crippen LogP contribution in [0.1, 0.15) is 15.9 Å². The SMILES string of the molecule is O=Cc1cc(I)c2c(CBr)csc2c1. The molecule has 1 aromatic carbocycles. The van der Waals surface area contributed by atoms with Crippen LogP contribution in [-0.2, 0) is 5.33 Å². The topological polar surface area (TPSA) is 17.1 Å². The summed E-state index contributed by atoms with van der Waals surface area (Å²) in [6, 6.07) is 3.87. The Morgan fingerprint density at radius 3 is 2.93 bits per heavy atom. The van der Waals surface area contributed by atoms with Crippen LogP contribution in [-0.4, -0.2) is 6.29 Å². The van der Waals surface area contributed by atoms with Crippen molar-refractivity contribution in [1.29, 1.82) is 0 Å². The average Bonchev–Trinajstić information content (AvgIpc) is 2.61. The van der Waals surface area contributed by atoms with E-state index in [-0.39, 0.29) is 0 Å². The summed E-state index contributed by atoms with van der Waals surface area (Å²) in [5, 5.41) is 4.28. The van der Waals surface area contributed by atoms with Crippen molar-refractivity contribution >= 4 is 66.2 Å². The third-order valence-corrected chi connectivity index (χ3v) is 4.44. The molecule has 0 N–H and O–H groups in total. The maximum absolute atomic E-state index is 10.7. The number of halogens is 2. The van der Waals surface area contributed by atoms with Gasteiger partial charge in [0.25, 0.3) is 0 Å². The van der Waals surface area contributed by atoms with Crippen LogP contribution in [0.2, 0.25) is 0 Å². The normalized spacial score (nSPS) is 10.7. The molecule has 0 spiro atoms. The highest BCUT2D eigenvalue weighted by atomic mass is 127. The number of alkyl halides is 1. The van der Waals surface area contributed by atoms with E-state index >= 15 is 0 Å². The second-order valence-electron chi connectivity index (χ2n) is 2.89. The molecule has 1 aromatic heterocycles. The first-order chi connectivity index (χ1) is 6.76. The standard InChI is InChI=1S/C10H6BrIOS/c11-3-7-5-14-9-2-6(4-13)1-8(12)10(7)9/h1-2,4-5H,3H2. The summed E-state index contributed by atoms with van der Waals surface area (Å²) in [6.07, 6.45) is 0.898. The van der Waals surface area contributed by atoms with Gasteiger partial charge in [-0.3, -0.25) is 4.79 Å². The number of fused-ring (bicyclic) bond motifs is 1. The zero-order chi connectivity index (χ0) is 10.1. The molecule has 0 bridgehead atoms. The second kappa shape index (κ2) is 4.28. The second-order valence-corrected chi connectivity index (χ2v) is 5.52. The van der Waals surface area contributed by atoms with Crippen molar-refractivity contribution in [3.63, 3.8) is 0 Å². The van der Waals surface area contributed by atoms with E-state index in [0.29, 0.717) is 0 Å². The van der Waals surface area contributed by atoms with Gasteiger partial charge in [0.15, 0.2) is 0 Å². The zero-order valence-corrected chi connectivity index (χ0v) is 11.6. The van der Waals surface area contributed by atoms with Crippen LogP contribution in [0.25, 0.3) is 10.1 Å². The van der Waals surface area contributed by atoms with Gasteiger partial charge in [-0.25, -0.2) is 0 Å². The number of carbonyl (C=O) groups is 1. The van der Waals surface area contributed by atoms with Crippen LogP contribution < -0.4 is 0 Å². The molecule has 0 saturated carbocycles. The molecule has 0 amide bonds. The first-order valence-electron chi connectivity index (χ1n) is 3.97. The van der Waals surface area contributed by atoms with Gasteiger partial charge in [0.2, 0.25) is 0 Å². The molecular weight excluding hydrogens is 375 g/mol. The van der Waals surface area contributed by atoms with Crippen molar-refractivity contribution in [2.24, 2.45) is 0 Å². The van der Waals surface area contributed by atoms with Crippen LogP contribution >= 0.6 is 49.9 Å². The van der Waals surface area contributed by atoms with E-state index in [2.05, 4.69) is 43.9 Å². The average molecular weight is 381 g/mol. The summed E-state index contributed by atoms with van der Waals surface area (Å²) in [7, 11) is 0. The number of hydrogen-bond acceptors (Lipinski definition) is 2. The Bertz CT molecular complexity index is 492. The molecule has 2 rings (SSSR count). The van der Waals surface area contributed by atoms with Crippen LogP contribution in [0.3, 0.4) is 0 Å². The smallest absolute Gasteiger partial charge is 0.150 e. The summed E-state index contributed by atoms with van der Waals surface area (Å²) in [6.45, 7) is 0. The third-order valence-electron chi connectivity index (χ3n) is 2.01. The lowest BCUT2D eigenvalue weighted by Gasteiger charge is -1.99. The number of aldehydes is 1. The van der Waals surface area contributed by atoms with Crippen molar-refractivity contribution in [3.05, 3.63) is 32.2 Å². The molecule has 1 heterocycles. The van der Waals surface area contributed by atoms with Gasteiger partial charge >= 0.3 is 0 Å². The third kappa shape index (κ3) is 1.75. The van der Waals surface area contributed by atoms with Gasteiger partial charge in [-0.05, 0) is 45.7 Å². The molecule has 0 atom stereocenters. The van der Waals surface area contributed by atoms with Gasteiger partial charge in [0.05, 0.1) is 0 Å². The highest BCUT2D eigenvalue weighted by Gasteiger charge is 2.07. The summed E-state index contributed by atoms with van der Waals surface area (Å²) in [5.41, 5.74) is 2.05. The molecule has 0 fully saturated rings. The van der Waals surface area contributed by atoms with Crippen LogP contribution in [0, 0.1) is 3.57 Å². The Labute approximate surface area is 108 Å². The number of carbonyl (C=O) groups excluding carboxylic acids is 1. The molecule has 0 aliphatic rings. The Balaban J connectivity index is 2.78. The predicted molar refractivity (Wildman–Crippen MR) is 72.6 cm³/mol. The Kier molecular flexibility index (Phi) is 3.23. The molecule has 14 heavy (non-hydrogen) atoms. The van der Waals surface area contributed by atoms with Crippen molar-refractivity contribution in [3.8, 4) is 0 Å². The van der Waals surface area contributed by atoms with E-state index in [1.807, 2.05) is 12.1 Å². The maximum Gasteiger partial charge on any atom is 0.150 e. The van der Waals surface area contributed by atoms with Crippen molar-refractivity contribution < 1.29 is 4.79 Å². The first kappa shape index (κ1) is 10.6. The van der Waals surface area contributed by atoms with E-state index in [1.54, 1.807) is 11.3 Å². The maximum atomic E-state index is 10.7. The monoisotopic (exact) mass is 380 g/mol. The minimum Gasteiger partial charge on any atom is -0.298 e. The number of rotatable bonds is 2. The van der Waals surface area contributed by atoms with Crippen LogP contribution in [0.5, 0.6) is 0 Å². The largest absolute Gasteiger partial charge is 0.298 e. The van der Waals surface area contributed by atoms with Gasteiger partial charge in [-0.1, -0.05) is 15.9 Å². The fourth-order valence-electron chi connectivity index (χ4n) is 1.37.